The molecule has 3 heterocycles. The SMILES string of the molecule is Cc1ccc2c(NC[C@@H](C)C#N)cccc2c1Oc1ncccc1-c1ccnc(N[C@H]2CCCNC2)n1. The van der Waals surface area contributed by atoms with Crippen LogP contribution in [-0.2, 0) is 0 Å². The van der Waals surface area contributed by atoms with Crippen LogP contribution >= 0.6 is 0 Å². The maximum absolute atomic E-state index is 9.16. The number of fused-ring (bicyclic) bond motifs is 1. The fourth-order valence-electron chi connectivity index (χ4n) is 4.54. The van der Waals surface area contributed by atoms with Gasteiger partial charge in [0.1, 0.15) is 5.75 Å². The first-order valence-corrected chi connectivity index (χ1v) is 12.7. The third-order valence-corrected chi connectivity index (χ3v) is 6.56. The molecule has 37 heavy (non-hydrogen) atoms. The number of aromatic nitrogens is 3. The number of nitrogens with one attached hydrogen (secondary N) is 3. The van der Waals surface area contributed by atoms with Crippen LogP contribution in [0.5, 0.6) is 11.6 Å². The number of rotatable bonds is 8. The number of aryl methyl sites for hydroxylation is 1. The average Bonchev–Trinajstić information content (AvgIpc) is 2.94. The van der Waals surface area contributed by atoms with Crippen molar-refractivity contribution in [3.05, 3.63) is 66.5 Å². The molecule has 0 saturated carbocycles. The number of pyridine rings is 1. The van der Waals surface area contributed by atoms with Gasteiger partial charge in [0.2, 0.25) is 11.8 Å². The highest BCUT2D eigenvalue weighted by atomic mass is 16.5. The van der Waals surface area contributed by atoms with Crippen molar-refractivity contribution in [3.8, 4) is 29.0 Å². The predicted octanol–water partition coefficient (Wildman–Crippen LogP) is 5.53. The molecule has 0 radical (unpaired) electrons. The van der Waals surface area contributed by atoms with Crippen molar-refractivity contribution < 1.29 is 4.74 Å². The van der Waals surface area contributed by atoms with Gasteiger partial charge in [0.15, 0.2) is 0 Å². The van der Waals surface area contributed by atoms with Crippen LogP contribution < -0.4 is 20.7 Å². The van der Waals surface area contributed by atoms with Crippen LogP contribution in [0.1, 0.15) is 25.3 Å². The molecule has 2 aromatic carbocycles. The summed E-state index contributed by atoms with van der Waals surface area (Å²) >= 11 is 0. The minimum atomic E-state index is -0.0888. The van der Waals surface area contributed by atoms with E-state index in [1.165, 1.54) is 0 Å². The smallest absolute Gasteiger partial charge is 0.228 e. The molecule has 0 unspecified atom stereocenters. The monoisotopic (exact) mass is 493 g/mol. The summed E-state index contributed by atoms with van der Waals surface area (Å²) in [4.78, 5) is 13.8. The normalized spacial score (nSPS) is 16.1. The highest BCUT2D eigenvalue weighted by Crippen LogP contribution is 2.38. The van der Waals surface area contributed by atoms with Gasteiger partial charge in [0, 0.05) is 48.0 Å². The Morgan fingerprint density at radius 1 is 1.11 bits per heavy atom. The second kappa shape index (κ2) is 11.2. The molecule has 3 N–H and O–H groups in total. The zero-order valence-corrected chi connectivity index (χ0v) is 21.2. The fourth-order valence-corrected chi connectivity index (χ4v) is 4.54. The third-order valence-electron chi connectivity index (χ3n) is 6.56. The zero-order chi connectivity index (χ0) is 25.6. The summed E-state index contributed by atoms with van der Waals surface area (Å²) < 4.78 is 6.52. The van der Waals surface area contributed by atoms with Crippen LogP contribution in [0.15, 0.2) is 60.9 Å². The predicted molar refractivity (Wildman–Crippen MR) is 147 cm³/mol. The Bertz CT molecular complexity index is 1430. The standard InChI is InChI=1S/C29H31N7O/c1-19(16-30)17-34-25-9-3-7-23-22(25)11-10-20(2)27(23)37-28-24(8-5-14-32-28)26-12-15-33-29(36-26)35-21-6-4-13-31-18-21/h3,5,7-12,14-15,19,21,31,34H,4,6,13,17-18H2,1-2H3,(H,33,35,36)/t19-,21-/m0/s1. The van der Waals surface area contributed by atoms with Crippen molar-refractivity contribution in [2.45, 2.75) is 32.7 Å². The Balaban J connectivity index is 1.46. The number of anilines is 2. The molecular weight excluding hydrogens is 462 g/mol. The van der Waals surface area contributed by atoms with E-state index in [-0.39, 0.29) is 5.92 Å². The van der Waals surface area contributed by atoms with E-state index in [1.54, 1.807) is 12.4 Å². The van der Waals surface area contributed by atoms with Crippen molar-refractivity contribution >= 4 is 22.4 Å². The van der Waals surface area contributed by atoms with Crippen LogP contribution in [0.25, 0.3) is 22.0 Å². The quantitative estimate of drug-likeness (QED) is 0.294. The van der Waals surface area contributed by atoms with Crippen LogP contribution in [0.2, 0.25) is 0 Å². The number of hydrogen-bond acceptors (Lipinski definition) is 8. The number of hydrogen-bond donors (Lipinski definition) is 3. The Morgan fingerprint density at radius 2 is 2.03 bits per heavy atom. The number of benzene rings is 2. The first-order valence-electron chi connectivity index (χ1n) is 12.7. The maximum atomic E-state index is 9.16. The van der Waals surface area contributed by atoms with Crippen molar-refractivity contribution in [2.75, 3.05) is 30.3 Å². The molecule has 5 rings (SSSR count). The Morgan fingerprint density at radius 3 is 2.86 bits per heavy atom. The molecule has 0 aliphatic carbocycles. The minimum absolute atomic E-state index is 0.0888. The summed E-state index contributed by atoms with van der Waals surface area (Å²) in [5.41, 5.74) is 3.51. The topological polar surface area (TPSA) is 108 Å². The van der Waals surface area contributed by atoms with Crippen molar-refractivity contribution in [1.82, 2.24) is 20.3 Å². The molecule has 0 spiro atoms. The lowest BCUT2D eigenvalue weighted by atomic mass is 10.0. The highest BCUT2D eigenvalue weighted by molar-refractivity contribution is 5.98. The van der Waals surface area contributed by atoms with Gasteiger partial charge < -0.3 is 20.7 Å². The number of nitriles is 1. The molecule has 4 aromatic rings. The molecular formula is C29H31N7O. The Hall–Kier alpha value is -4.22. The Kier molecular flexibility index (Phi) is 7.43. The molecule has 8 nitrogen and oxygen atoms in total. The van der Waals surface area contributed by atoms with E-state index >= 15 is 0 Å². The minimum Gasteiger partial charge on any atom is -0.437 e. The molecule has 0 bridgehead atoms. The van der Waals surface area contributed by atoms with Crippen LogP contribution in [0, 0.1) is 24.2 Å². The van der Waals surface area contributed by atoms with E-state index in [4.69, 9.17) is 15.0 Å². The third kappa shape index (κ3) is 5.63. The molecule has 188 valence electrons. The van der Waals surface area contributed by atoms with Crippen molar-refractivity contribution in [3.63, 3.8) is 0 Å². The molecule has 1 fully saturated rings. The number of nitrogens with zero attached hydrogens (tertiary/aromatic N) is 4. The van der Waals surface area contributed by atoms with Crippen molar-refractivity contribution in [2.24, 2.45) is 5.92 Å². The summed E-state index contributed by atoms with van der Waals surface area (Å²) in [6.07, 6.45) is 5.72. The molecule has 1 saturated heterocycles. The van der Waals surface area contributed by atoms with Crippen molar-refractivity contribution in [1.29, 1.82) is 5.26 Å². The van der Waals surface area contributed by atoms with E-state index < -0.39 is 0 Å². The first-order chi connectivity index (χ1) is 18.1. The lowest BCUT2D eigenvalue weighted by molar-refractivity contribution is 0.466. The summed E-state index contributed by atoms with van der Waals surface area (Å²) in [6.45, 7) is 6.46. The van der Waals surface area contributed by atoms with Crippen LogP contribution in [0.4, 0.5) is 11.6 Å². The van der Waals surface area contributed by atoms with Gasteiger partial charge in [0.25, 0.3) is 0 Å². The number of ether oxygens (including phenoxy) is 1. The molecule has 1 aliphatic rings. The van der Waals surface area contributed by atoms with E-state index in [1.807, 2.05) is 56.3 Å². The van der Waals surface area contributed by atoms with Gasteiger partial charge >= 0.3 is 0 Å². The molecule has 2 aromatic heterocycles. The second-order valence-corrected chi connectivity index (χ2v) is 9.43. The maximum Gasteiger partial charge on any atom is 0.228 e. The van der Waals surface area contributed by atoms with Crippen LogP contribution in [-0.4, -0.2) is 40.6 Å². The van der Waals surface area contributed by atoms with Gasteiger partial charge in [-0.1, -0.05) is 24.3 Å². The number of piperidine rings is 1. The van der Waals surface area contributed by atoms with Gasteiger partial charge in [-0.3, -0.25) is 0 Å². The lowest BCUT2D eigenvalue weighted by Crippen LogP contribution is -2.38. The molecule has 2 atom stereocenters. The fraction of sp³-hybridized carbons (Fsp3) is 0.310. The highest BCUT2D eigenvalue weighted by Gasteiger charge is 2.17. The van der Waals surface area contributed by atoms with Gasteiger partial charge in [-0.25, -0.2) is 15.0 Å². The van der Waals surface area contributed by atoms with E-state index in [2.05, 4.69) is 38.1 Å². The second-order valence-electron chi connectivity index (χ2n) is 9.43. The van der Waals surface area contributed by atoms with Gasteiger partial charge in [-0.05, 0) is 63.1 Å². The van der Waals surface area contributed by atoms with Crippen LogP contribution in [0.3, 0.4) is 0 Å². The van der Waals surface area contributed by atoms with Gasteiger partial charge in [-0.15, -0.1) is 0 Å². The van der Waals surface area contributed by atoms with E-state index in [9.17, 15) is 0 Å². The molecule has 0 amide bonds. The summed E-state index contributed by atoms with van der Waals surface area (Å²) in [6, 6.07) is 18.5. The summed E-state index contributed by atoms with van der Waals surface area (Å²) in [7, 11) is 0. The lowest BCUT2D eigenvalue weighted by Gasteiger charge is -2.23. The first kappa shape index (κ1) is 24.5. The zero-order valence-electron chi connectivity index (χ0n) is 21.2. The Labute approximate surface area is 217 Å². The van der Waals surface area contributed by atoms with Gasteiger partial charge in [-0.2, -0.15) is 5.26 Å². The summed E-state index contributed by atoms with van der Waals surface area (Å²) in [5.74, 6) is 1.74. The average molecular weight is 494 g/mol. The molecule has 1 aliphatic heterocycles. The van der Waals surface area contributed by atoms with E-state index in [0.717, 1.165) is 65.0 Å². The van der Waals surface area contributed by atoms with Gasteiger partial charge in [0.05, 0.1) is 23.2 Å². The van der Waals surface area contributed by atoms with E-state index in [0.29, 0.717) is 24.4 Å². The summed E-state index contributed by atoms with van der Waals surface area (Å²) in [5, 5.41) is 21.4. The molecule has 8 heteroatoms. The largest absolute Gasteiger partial charge is 0.437 e.